The van der Waals surface area contributed by atoms with Gasteiger partial charge in [-0.3, -0.25) is 4.79 Å². The number of hydrogen-bond donors (Lipinski definition) is 1. The summed E-state index contributed by atoms with van der Waals surface area (Å²) in [4.78, 5) is 14.4. The first-order valence-corrected chi connectivity index (χ1v) is 6.65. The molecule has 0 bridgehead atoms. The molecule has 5 heteroatoms. The van der Waals surface area contributed by atoms with Gasteiger partial charge in [-0.1, -0.05) is 11.2 Å². The molecule has 2 heterocycles. The minimum Gasteiger partial charge on any atom is -0.399 e. The van der Waals surface area contributed by atoms with E-state index in [4.69, 9.17) is 10.3 Å². The second-order valence-corrected chi connectivity index (χ2v) is 5.20. The number of nitrogens with zero attached hydrogens (tertiary/aromatic N) is 2. The third kappa shape index (κ3) is 2.05. The van der Waals surface area contributed by atoms with Gasteiger partial charge in [-0.15, -0.1) is 0 Å². The quantitative estimate of drug-likeness (QED) is 0.849. The van der Waals surface area contributed by atoms with E-state index >= 15 is 0 Å². The zero-order valence-corrected chi connectivity index (χ0v) is 11.6. The van der Waals surface area contributed by atoms with Gasteiger partial charge >= 0.3 is 0 Å². The number of carbonyl (C=O) groups is 1. The lowest BCUT2D eigenvalue weighted by Crippen LogP contribution is -2.37. The number of nitrogens with two attached hydrogens (primary N) is 1. The Balaban J connectivity index is 1.89. The predicted molar refractivity (Wildman–Crippen MR) is 75.3 cm³/mol. The van der Waals surface area contributed by atoms with Crippen LogP contribution in [0.3, 0.4) is 0 Å². The van der Waals surface area contributed by atoms with Crippen molar-refractivity contribution in [3.05, 3.63) is 46.3 Å². The highest BCUT2D eigenvalue weighted by molar-refractivity contribution is 5.97. The van der Waals surface area contributed by atoms with E-state index in [2.05, 4.69) is 5.16 Å². The van der Waals surface area contributed by atoms with E-state index in [1.165, 1.54) is 0 Å². The molecule has 0 spiro atoms. The highest BCUT2D eigenvalue weighted by atomic mass is 16.5. The largest absolute Gasteiger partial charge is 0.399 e. The highest BCUT2D eigenvalue weighted by Gasteiger charge is 2.26. The molecule has 1 amide bonds. The van der Waals surface area contributed by atoms with Gasteiger partial charge < -0.3 is 15.2 Å². The zero-order valence-electron chi connectivity index (χ0n) is 11.6. The van der Waals surface area contributed by atoms with Crippen molar-refractivity contribution in [3.8, 4) is 0 Å². The fourth-order valence-electron chi connectivity index (χ4n) is 2.61. The van der Waals surface area contributed by atoms with Crippen molar-refractivity contribution >= 4 is 11.6 Å². The number of hydrogen-bond acceptors (Lipinski definition) is 4. The first-order valence-electron chi connectivity index (χ1n) is 6.65. The molecular weight excluding hydrogens is 254 g/mol. The zero-order chi connectivity index (χ0) is 14.3. The molecule has 104 valence electrons. The van der Waals surface area contributed by atoms with Crippen LogP contribution in [0.4, 0.5) is 5.69 Å². The van der Waals surface area contributed by atoms with Crippen molar-refractivity contribution in [3.63, 3.8) is 0 Å². The van der Waals surface area contributed by atoms with Gasteiger partial charge in [0.15, 0.2) is 0 Å². The van der Waals surface area contributed by atoms with Gasteiger partial charge in [0.25, 0.3) is 5.91 Å². The van der Waals surface area contributed by atoms with Crippen molar-refractivity contribution in [1.82, 2.24) is 10.1 Å². The maximum absolute atomic E-state index is 12.5. The summed E-state index contributed by atoms with van der Waals surface area (Å²) in [6, 6.07) is 5.54. The van der Waals surface area contributed by atoms with Crippen LogP contribution in [0.2, 0.25) is 0 Å². The molecule has 3 rings (SSSR count). The number of aromatic nitrogens is 1. The van der Waals surface area contributed by atoms with E-state index < -0.39 is 0 Å². The summed E-state index contributed by atoms with van der Waals surface area (Å²) in [6.07, 6.45) is 0.852. The third-order valence-electron chi connectivity index (χ3n) is 3.83. The Labute approximate surface area is 117 Å². The van der Waals surface area contributed by atoms with Crippen molar-refractivity contribution < 1.29 is 9.32 Å². The van der Waals surface area contributed by atoms with Gasteiger partial charge in [0, 0.05) is 23.4 Å². The molecule has 0 aliphatic carbocycles. The van der Waals surface area contributed by atoms with Crippen LogP contribution in [-0.2, 0) is 13.0 Å². The SMILES string of the molecule is Cc1noc(C)c1CN1CCc2ccc(N)cc2C1=O. The second kappa shape index (κ2) is 4.67. The van der Waals surface area contributed by atoms with E-state index in [0.29, 0.717) is 24.3 Å². The van der Waals surface area contributed by atoms with Gasteiger partial charge in [0.1, 0.15) is 5.76 Å². The maximum atomic E-state index is 12.5. The third-order valence-corrected chi connectivity index (χ3v) is 3.83. The number of fused-ring (bicyclic) bond motifs is 1. The van der Waals surface area contributed by atoms with Crippen LogP contribution < -0.4 is 5.73 Å². The summed E-state index contributed by atoms with van der Waals surface area (Å²) in [7, 11) is 0. The molecule has 2 N–H and O–H groups in total. The second-order valence-electron chi connectivity index (χ2n) is 5.20. The van der Waals surface area contributed by atoms with Gasteiger partial charge in [-0.25, -0.2) is 0 Å². The van der Waals surface area contributed by atoms with Crippen LogP contribution in [0.15, 0.2) is 22.7 Å². The number of rotatable bonds is 2. The van der Waals surface area contributed by atoms with Gasteiger partial charge in [-0.05, 0) is 38.0 Å². The van der Waals surface area contributed by atoms with Gasteiger partial charge in [0.05, 0.1) is 12.2 Å². The monoisotopic (exact) mass is 271 g/mol. The van der Waals surface area contributed by atoms with Crippen LogP contribution >= 0.6 is 0 Å². The molecule has 0 saturated heterocycles. The van der Waals surface area contributed by atoms with Crippen molar-refractivity contribution in [2.24, 2.45) is 0 Å². The molecule has 0 atom stereocenters. The molecule has 5 nitrogen and oxygen atoms in total. The fourth-order valence-corrected chi connectivity index (χ4v) is 2.61. The number of aryl methyl sites for hydroxylation is 2. The predicted octanol–water partition coefficient (Wildman–Crippen LogP) is 2.07. The maximum Gasteiger partial charge on any atom is 0.254 e. The summed E-state index contributed by atoms with van der Waals surface area (Å²) in [5, 5.41) is 3.93. The van der Waals surface area contributed by atoms with E-state index in [1.54, 1.807) is 6.07 Å². The van der Waals surface area contributed by atoms with E-state index in [9.17, 15) is 4.79 Å². The Morgan fingerprint density at radius 3 is 2.90 bits per heavy atom. The topological polar surface area (TPSA) is 72.4 Å². The average molecular weight is 271 g/mol. The molecule has 0 radical (unpaired) electrons. The molecule has 0 unspecified atom stereocenters. The lowest BCUT2D eigenvalue weighted by atomic mass is 9.98. The molecule has 2 aromatic rings. The smallest absolute Gasteiger partial charge is 0.254 e. The van der Waals surface area contributed by atoms with E-state index in [-0.39, 0.29) is 5.91 Å². The minimum absolute atomic E-state index is 0.0264. The summed E-state index contributed by atoms with van der Waals surface area (Å²) >= 11 is 0. The Bertz CT molecular complexity index is 656. The standard InChI is InChI=1S/C15H17N3O2/c1-9-14(10(2)20-17-9)8-18-6-5-11-3-4-12(16)7-13(11)15(18)19/h3-4,7H,5-6,8,16H2,1-2H3. The number of anilines is 1. The first kappa shape index (κ1) is 12.7. The van der Waals surface area contributed by atoms with Crippen LogP contribution in [0.5, 0.6) is 0 Å². The fraction of sp³-hybridized carbons (Fsp3) is 0.333. The average Bonchev–Trinajstić information content (AvgIpc) is 2.74. The lowest BCUT2D eigenvalue weighted by Gasteiger charge is -2.28. The minimum atomic E-state index is 0.0264. The van der Waals surface area contributed by atoms with E-state index in [1.807, 2.05) is 30.9 Å². The molecule has 0 saturated carbocycles. The molecule has 0 fully saturated rings. The van der Waals surface area contributed by atoms with Crippen LogP contribution in [0.25, 0.3) is 0 Å². The first-order chi connectivity index (χ1) is 9.56. The summed E-state index contributed by atoms with van der Waals surface area (Å²) in [5.74, 6) is 0.798. The summed E-state index contributed by atoms with van der Waals surface area (Å²) in [6.45, 7) is 5.01. The van der Waals surface area contributed by atoms with Crippen LogP contribution in [0, 0.1) is 13.8 Å². The number of benzene rings is 1. The molecule has 1 aliphatic heterocycles. The van der Waals surface area contributed by atoms with Crippen molar-refractivity contribution in [2.45, 2.75) is 26.8 Å². The van der Waals surface area contributed by atoms with E-state index in [0.717, 1.165) is 29.0 Å². The Kier molecular flexibility index (Phi) is 2.97. The molecule has 1 aromatic carbocycles. The molecular formula is C15H17N3O2. The normalized spacial score (nSPS) is 14.5. The van der Waals surface area contributed by atoms with Crippen molar-refractivity contribution in [1.29, 1.82) is 0 Å². The Morgan fingerprint density at radius 2 is 2.20 bits per heavy atom. The molecule has 1 aromatic heterocycles. The van der Waals surface area contributed by atoms with Gasteiger partial charge in [0.2, 0.25) is 0 Å². The Hall–Kier alpha value is -2.30. The van der Waals surface area contributed by atoms with Crippen LogP contribution in [-0.4, -0.2) is 22.5 Å². The number of nitrogen functional groups attached to an aromatic ring is 1. The lowest BCUT2D eigenvalue weighted by molar-refractivity contribution is 0.0726. The number of amides is 1. The van der Waals surface area contributed by atoms with Gasteiger partial charge in [-0.2, -0.15) is 0 Å². The van der Waals surface area contributed by atoms with Crippen LogP contribution in [0.1, 0.15) is 32.9 Å². The molecule has 20 heavy (non-hydrogen) atoms. The Morgan fingerprint density at radius 1 is 1.40 bits per heavy atom. The molecule has 1 aliphatic rings. The highest BCUT2D eigenvalue weighted by Crippen LogP contribution is 2.24. The number of carbonyl (C=O) groups excluding carboxylic acids is 1. The summed E-state index contributed by atoms with van der Waals surface area (Å²) in [5.41, 5.74) is 10.0. The van der Waals surface area contributed by atoms with Crippen molar-refractivity contribution in [2.75, 3.05) is 12.3 Å². The summed E-state index contributed by atoms with van der Waals surface area (Å²) < 4.78 is 5.15.